The molecular formula is C13H11FN2OS2. The van der Waals surface area contributed by atoms with Gasteiger partial charge in [-0.25, -0.2) is 9.37 Å². The van der Waals surface area contributed by atoms with E-state index >= 15 is 0 Å². The molecule has 0 radical (unpaired) electrons. The molecule has 1 atom stereocenters. The predicted octanol–water partition coefficient (Wildman–Crippen LogP) is 3.37. The number of halogens is 1. The zero-order valence-corrected chi connectivity index (χ0v) is 11.8. The van der Waals surface area contributed by atoms with Crippen LogP contribution in [0.25, 0.3) is 0 Å². The first kappa shape index (κ1) is 12.6. The lowest BCUT2D eigenvalue weighted by Crippen LogP contribution is -2.28. The van der Waals surface area contributed by atoms with Crippen LogP contribution in [0.3, 0.4) is 0 Å². The van der Waals surface area contributed by atoms with Crippen molar-refractivity contribution in [2.45, 2.75) is 12.3 Å². The van der Waals surface area contributed by atoms with Crippen LogP contribution >= 0.6 is 23.1 Å². The van der Waals surface area contributed by atoms with Gasteiger partial charge in [0.1, 0.15) is 11.2 Å². The second kappa shape index (κ2) is 4.94. The molecule has 1 saturated heterocycles. The molecule has 98 valence electrons. The number of rotatable bonds is 2. The number of benzene rings is 1. The van der Waals surface area contributed by atoms with Gasteiger partial charge >= 0.3 is 0 Å². The second-order valence-electron chi connectivity index (χ2n) is 4.20. The first-order valence-electron chi connectivity index (χ1n) is 5.77. The van der Waals surface area contributed by atoms with Gasteiger partial charge in [-0.2, -0.15) is 0 Å². The number of thioether (sulfide) groups is 1. The van der Waals surface area contributed by atoms with Gasteiger partial charge in [0.2, 0.25) is 5.91 Å². The molecule has 19 heavy (non-hydrogen) atoms. The average Bonchev–Trinajstić information content (AvgIpc) is 2.96. The van der Waals surface area contributed by atoms with Crippen molar-refractivity contribution >= 4 is 34.1 Å². The fraction of sp³-hybridized carbons (Fsp3) is 0.231. The highest BCUT2D eigenvalue weighted by atomic mass is 32.2. The lowest BCUT2D eigenvalue weighted by molar-refractivity contribution is -0.115. The van der Waals surface area contributed by atoms with Crippen molar-refractivity contribution in [2.75, 3.05) is 10.7 Å². The van der Waals surface area contributed by atoms with Gasteiger partial charge < -0.3 is 0 Å². The molecule has 2 heterocycles. The van der Waals surface area contributed by atoms with Gasteiger partial charge in [0, 0.05) is 16.6 Å². The van der Waals surface area contributed by atoms with Gasteiger partial charge in [-0.1, -0.05) is 18.2 Å². The molecule has 0 saturated carbocycles. The standard InChI is InChI=1S/C13H11FN2OS2/c1-8-6-15-13(19-8)16-11(17)7-18-12(16)9-4-2-3-5-10(9)14/h2-6,12H,7H2,1H3/t12-/m0/s1. The van der Waals surface area contributed by atoms with Crippen molar-refractivity contribution in [1.82, 2.24) is 4.98 Å². The first-order chi connectivity index (χ1) is 9.16. The van der Waals surface area contributed by atoms with E-state index in [1.54, 1.807) is 29.3 Å². The normalized spacial score (nSPS) is 19.2. The number of carbonyl (C=O) groups is 1. The second-order valence-corrected chi connectivity index (χ2v) is 6.48. The van der Waals surface area contributed by atoms with Crippen molar-refractivity contribution in [3.05, 3.63) is 46.7 Å². The van der Waals surface area contributed by atoms with E-state index in [9.17, 15) is 9.18 Å². The Balaban J connectivity index is 2.02. The minimum Gasteiger partial charge on any atom is -0.273 e. The molecular weight excluding hydrogens is 283 g/mol. The quantitative estimate of drug-likeness (QED) is 0.851. The fourth-order valence-electron chi connectivity index (χ4n) is 1.99. The number of thiazole rings is 1. The molecule has 0 spiro atoms. The summed E-state index contributed by atoms with van der Waals surface area (Å²) < 4.78 is 13.9. The number of aromatic nitrogens is 1. The Hall–Kier alpha value is -1.40. The molecule has 1 aromatic carbocycles. The van der Waals surface area contributed by atoms with Crippen LogP contribution in [0, 0.1) is 12.7 Å². The molecule has 2 aromatic rings. The SMILES string of the molecule is Cc1cnc(N2C(=O)CS[C@H]2c2ccccc2F)s1. The summed E-state index contributed by atoms with van der Waals surface area (Å²) in [5.41, 5.74) is 0.534. The van der Waals surface area contributed by atoms with Crippen molar-refractivity contribution in [1.29, 1.82) is 0 Å². The van der Waals surface area contributed by atoms with Gasteiger partial charge in [-0.15, -0.1) is 23.1 Å². The number of hydrogen-bond acceptors (Lipinski definition) is 4. The van der Waals surface area contributed by atoms with Gasteiger partial charge in [0.05, 0.1) is 5.75 Å². The van der Waals surface area contributed by atoms with Crippen LogP contribution in [0.1, 0.15) is 15.8 Å². The van der Waals surface area contributed by atoms with Crippen LogP contribution in [-0.4, -0.2) is 16.6 Å². The van der Waals surface area contributed by atoms with E-state index in [-0.39, 0.29) is 17.1 Å². The summed E-state index contributed by atoms with van der Waals surface area (Å²) in [5.74, 6) is 0.0537. The Bertz CT molecular complexity index is 629. The third-order valence-corrected chi connectivity index (χ3v) is 4.96. The summed E-state index contributed by atoms with van der Waals surface area (Å²) >= 11 is 2.88. The van der Waals surface area contributed by atoms with Gasteiger partial charge in [-0.05, 0) is 13.0 Å². The van der Waals surface area contributed by atoms with Gasteiger partial charge in [0.15, 0.2) is 5.13 Å². The van der Waals surface area contributed by atoms with Crippen molar-refractivity contribution in [2.24, 2.45) is 0 Å². The highest BCUT2D eigenvalue weighted by molar-refractivity contribution is 8.00. The lowest BCUT2D eigenvalue weighted by Gasteiger charge is -2.21. The Morgan fingerprint density at radius 1 is 1.42 bits per heavy atom. The summed E-state index contributed by atoms with van der Waals surface area (Å²) in [4.78, 5) is 18.9. The predicted molar refractivity (Wildman–Crippen MR) is 75.9 cm³/mol. The van der Waals surface area contributed by atoms with Crippen LogP contribution in [0.4, 0.5) is 9.52 Å². The van der Waals surface area contributed by atoms with E-state index in [4.69, 9.17) is 0 Å². The Morgan fingerprint density at radius 2 is 2.21 bits per heavy atom. The van der Waals surface area contributed by atoms with E-state index in [0.717, 1.165) is 4.88 Å². The number of hydrogen-bond donors (Lipinski definition) is 0. The topological polar surface area (TPSA) is 33.2 Å². The summed E-state index contributed by atoms with van der Waals surface area (Å²) in [7, 11) is 0. The van der Waals surface area contributed by atoms with E-state index in [1.807, 2.05) is 6.92 Å². The Kier molecular flexibility index (Phi) is 3.28. The molecule has 1 aromatic heterocycles. The molecule has 3 rings (SSSR count). The highest BCUT2D eigenvalue weighted by Crippen LogP contribution is 2.43. The van der Waals surface area contributed by atoms with E-state index in [2.05, 4.69) is 4.98 Å². The lowest BCUT2D eigenvalue weighted by atomic mass is 10.2. The van der Waals surface area contributed by atoms with E-state index in [1.165, 1.54) is 29.2 Å². The molecule has 1 amide bonds. The number of anilines is 1. The molecule has 0 bridgehead atoms. The number of nitrogens with zero attached hydrogens (tertiary/aromatic N) is 2. The maximum absolute atomic E-state index is 13.9. The number of aryl methyl sites for hydroxylation is 1. The molecule has 1 fully saturated rings. The van der Waals surface area contributed by atoms with Crippen LogP contribution in [0.15, 0.2) is 30.5 Å². The van der Waals surface area contributed by atoms with Gasteiger partial charge in [0.25, 0.3) is 0 Å². The van der Waals surface area contributed by atoms with Crippen LogP contribution in [0.5, 0.6) is 0 Å². The largest absolute Gasteiger partial charge is 0.273 e. The molecule has 0 N–H and O–H groups in total. The molecule has 1 aliphatic rings. The zero-order valence-electron chi connectivity index (χ0n) is 10.2. The minimum atomic E-state index is -0.320. The van der Waals surface area contributed by atoms with Crippen molar-refractivity contribution in [3.8, 4) is 0 Å². The molecule has 0 unspecified atom stereocenters. The van der Waals surface area contributed by atoms with Crippen LogP contribution in [0.2, 0.25) is 0 Å². The monoisotopic (exact) mass is 294 g/mol. The Labute approximate surface area is 118 Å². The highest BCUT2D eigenvalue weighted by Gasteiger charge is 2.36. The summed E-state index contributed by atoms with van der Waals surface area (Å²) in [6, 6.07) is 6.58. The molecule has 0 aliphatic carbocycles. The fourth-order valence-corrected chi connectivity index (χ4v) is 4.04. The zero-order chi connectivity index (χ0) is 13.4. The van der Waals surface area contributed by atoms with E-state index < -0.39 is 0 Å². The van der Waals surface area contributed by atoms with E-state index in [0.29, 0.717) is 16.4 Å². The molecule has 6 heteroatoms. The maximum atomic E-state index is 13.9. The maximum Gasteiger partial charge on any atom is 0.240 e. The van der Waals surface area contributed by atoms with Gasteiger partial charge in [-0.3, -0.25) is 9.69 Å². The summed E-state index contributed by atoms with van der Waals surface area (Å²) in [6.07, 6.45) is 1.73. The van der Waals surface area contributed by atoms with Crippen molar-refractivity contribution < 1.29 is 9.18 Å². The Morgan fingerprint density at radius 3 is 2.89 bits per heavy atom. The molecule has 3 nitrogen and oxygen atoms in total. The molecule has 1 aliphatic heterocycles. The average molecular weight is 294 g/mol. The third-order valence-electron chi connectivity index (χ3n) is 2.85. The minimum absolute atomic E-state index is 0.0207. The summed E-state index contributed by atoms with van der Waals surface area (Å²) in [6.45, 7) is 1.94. The van der Waals surface area contributed by atoms with Crippen LogP contribution in [-0.2, 0) is 4.79 Å². The number of carbonyl (C=O) groups excluding carboxylic acids is 1. The number of amides is 1. The van der Waals surface area contributed by atoms with Crippen LogP contribution < -0.4 is 4.90 Å². The first-order valence-corrected chi connectivity index (χ1v) is 7.64. The smallest absolute Gasteiger partial charge is 0.240 e. The third kappa shape index (κ3) is 2.26. The summed E-state index contributed by atoms with van der Waals surface area (Å²) in [5, 5.41) is 0.319. The van der Waals surface area contributed by atoms with Crippen molar-refractivity contribution in [3.63, 3.8) is 0 Å².